The molecule has 0 atom stereocenters. The average molecular weight is 263 g/mol. The lowest BCUT2D eigenvalue weighted by Gasteiger charge is -2.28. The highest BCUT2D eigenvalue weighted by Gasteiger charge is 2.21. The van der Waals surface area contributed by atoms with Gasteiger partial charge in [0.25, 0.3) is 0 Å². The van der Waals surface area contributed by atoms with Crippen LogP contribution in [0.25, 0.3) is 0 Å². The molecule has 1 amide bonds. The summed E-state index contributed by atoms with van der Waals surface area (Å²) in [6.45, 7) is 6.09. The predicted molar refractivity (Wildman–Crippen MR) is 74.2 cm³/mol. The second-order valence-corrected chi connectivity index (χ2v) is 5.00. The van der Waals surface area contributed by atoms with Crippen molar-refractivity contribution in [3.63, 3.8) is 0 Å². The van der Waals surface area contributed by atoms with Crippen molar-refractivity contribution in [3.8, 4) is 0 Å². The molecule has 0 heterocycles. The number of hydrogen-bond acceptors (Lipinski definition) is 2. The number of carbonyl (C=O) groups excluding carboxylic acids is 1. The van der Waals surface area contributed by atoms with E-state index in [0.29, 0.717) is 5.56 Å². The molecule has 104 valence electrons. The third-order valence-electron chi connectivity index (χ3n) is 3.54. The van der Waals surface area contributed by atoms with Gasteiger partial charge in [0.1, 0.15) is 0 Å². The van der Waals surface area contributed by atoms with Gasteiger partial charge in [0.2, 0.25) is 5.91 Å². The summed E-state index contributed by atoms with van der Waals surface area (Å²) < 4.78 is 0. The van der Waals surface area contributed by atoms with Crippen LogP contribution in [0, 0.1) is 0 Å². The van der Waals surface area contributed by atoms with Crippen LogP contribution in [0.2, 0.25) is 0 Å². The lowest BCUT2D eigenvalue weighted by molar-refractivity contribution is -0.122. The molecule has 0 aromatic heterocycles. The summed E-state index contributed by atoms with van der Waals surface area (Å²) in [6.07, 6.45) is 1.94. The number of benzene rings is 1. The average Bonchev–Trinajstić information content (AvgIpc) is 2.38. The normalized spacial score (nSPS) is 11.1. The summed E-state index contributed by atoms with van der Waals surface area (Å²) >= 11 is 0. The van der Waals surface area contributed by atoms with Crippen LogP contribution >= 0.6 is 0 Å². The fourth-order valence-corrected chi connectivity index (χ4v) is 1.81. The maximum atomic E-state index is 12.0. The Hall–Kier alpha value is -1.84. The van der Waals surface area contributed by atoms with E-state index in [9.17, 15) is 9.59 Å². The van der Waals surface area contributed by atoms with E-state index in [1.165, 1.54) is 12.1 Å². The molecule has 0 spiro atoms. The van der Waals surface area contributed by atoms with E-state index in [0.717, 1.165) is 12.8 Å². The Labute approximate surface area is 113 Å². The van der Waals surface area contributed by atoms with E-state index in [1.54, 1.807) is 12.1 Å². The molecule has 2 N–H and O–H groups in total. The zero-order valence-electron chi connectivity index (χ0n) is 11.7. The fraction of sp³-hybridized carbons (Fsp3) is 0.467. The van der Waals surface area contributed by atoms with Gasteiger partial charge >= 0.3 is 5.97 Å². The summed E-state index contributed by atoms with van der Waals surface area (Å²) in [5.74, 6) is -1.05. The van der Waals surface area contributed by atoms with Gasteiger partial charge in [-0.25, -0.2) is 4.79 Å². The first-order valence-corrected chi connectivity index (χ1v) is 6.53. The number of aromatic carboxylic acids is 1. The number of carbonyl (C=O) groups is 2. The van der Waals surface area contributed by atoms with Crippen LogP contribution in [0.5, 0.6) is 0 Å². The topological polar surface area (TPSA) is 66.4 Å². The van der Waals surface area contributed by atoms with E-state index in [2.05, 4.69) is 5.32 Å². The van der Waals surface area contributed by atoms with Crippen LogP contribution in [0.15, 0.2) is 24.3 Å². The van der Waals surface area contributed by atoms with Crippen molar-refractivity contribution >= 4 is 11.9 Å². The molecule has 4 nitrogen and oxygen atoms in total. The molecule has 4 heteroatoms. The monoisotopic (exact) mass is 263 g/mol. The minimum atomic E-state index is -0.978. The van der Waals surface area contributed by atoms with Crippen LogP contribution in [0.3, 0.4) is 0 Å². The third-order valence-corrected chi connectivity index (χ3v) is 3.54. The number of hydrogen-bond donors (Lipinski definition) is 2. The van der Waals surface area contributed by atoms with Gasteiger partial charge in [0.15, 0.2) is 0 Å². The van der Waals surface area contributed by atoms with Crippen molar-refractivity contribution in [1.82, 2.24) is 5.32 Å². The number of amides is 1. The second kappa shape index (κ2) is 6.36. The standard InChI is InChI=1S/C15H21NO3/c1-4-15(3,5-2)16-13(17)10-11-7-6-8-12(9-11)14(18)19/h6-9H,4-5,10H2,1-3H3,(H,16,17)(H,18,19). The third kappa shape index (κ3) is 4.39. The summed E-state index contributed by atoms with van der Waals surface area (Å²) in [5.41, 5.74) is 0.729. The molecule has 1 aromatic rings. The molecule has 0 fully saturated rings. The molecule has 0 aliphatic heterocycles. The van der Waals surface area contributed by atoms with Crippen molar-refractivity contribution in [1.29, 1.82) is 0 Å². The minimum Gasteiger partial charge on any atom is -0.478 e. The summed E-state index contributed by atoms with van der Waals surface area (Å²) in [4.78, 5) is 22.8. The van der Waals surface area contributed by atoms with Gasteiger partial charge in [-0.05, 0) is 37.5 Å². The van der Waals surface area contributed by atoms with Crippen LogP contribution < -0.4 is 5.32 Å². The highest BCUT2D eigenvalue weighted by molar-refractivity contribution is 5.88. The van der Waals surface area contributed by atoms with E-state index in [-0.39, 0.29) is 23.4 Å². The van der Waals surface area contributed by atoms with E-state index in [4.69, 9.17) is 5.11 Å². The van der Waals surface area contributed by atoms with Gasteiger partial charge in [0, 0.05) is 5.54 Å². The number of carboxylic acid groups (broad SMARTS) is 1. The maximum absolute atomic E-state index is 12.0. The van der Waals surface area contributed by atoms with Gasteiger partial charge in [-0.2, -0.15) is 0 Å². The van der Waals surface area contributed by atoms with Crippen molar-refractivity contribution in [2.45, 2.75) is 45.6 Å². The molecule has 0 saturated carbocycles. The molecule has 19 heavy (non-hydrogen) atoms. The lowest BCUT2D eigenvalue weighted by Crippen LogP contribution is -2.45. The largest absolute Gasteiger partial charge is 0.478 e. The van der Waals surface area contributed by atoms with Gasteiger partial charge in [0.05, 0.1) is 12.0 Å². The Kier molecular flexibility index (Phi) is 5.10. The maximum Gasteiger partial charge on any atom is 0.335 e. The van der Waals surface area contributed by atoms with Crippen molar-refractivity contribution in [2.24, 2.45) is 0 Å². The first kappa shape index (κ1) is 15.2. The first-order valence-electron chi connectivity index (χ1n) is 6.53. The molecular formula is C15H21NO3. The van der Waals surface area contributed by atoms with Gasteiger partial charge in [-0.15, -0.1) is 0 Å². The zero-order chi connectivity index (χ0) is 14.5. The summed E-state index contributed by atoms with van der Waals surface area (Å²) in [7, 11) is 0. The molecule has 0 aliphatic rings. The smallest absolute Gasteiger partial charge is 0.335 e. The molecule has 1 aromatic carbocycles. The Morgan fingerprint density at radius 2 is 1.89 bits per heavy atom. The number of nitrogens with one attached hydrogen (secondary N) is 1. The Morgan fingerprint density at radius 3 is 2.42 bits per heavy atom. The second-order valence-electron chi connectivity index (χ2n) is 5.00. The van der Waals surface area contributed by atoms with Crippen molar-refractivity contribution < 1.29 is 14.7 Å². The van der Waals surface area contributed by atoms with E-state index < -0.39 is 5.97 Å². The van der Waals surface area contributed by atoms with Crippen LogP contribution in [0.1, 0.15) is 49.5 Å². The minimum absolute atomic E-state index is 0.0752. The van der Waals surface area contributed by atoms with Crippen LogP contribution in [0.4, 0.5) is 0 Å². The molecule has 1 rings (SSSR count). The predicted octanol–water partition coefficient (Wildman–Crippen LogP) is 2.62. The highest BCUT2D eigenvalue weighted by Crippen LogP contribution is 2.14. The molecule has 0 unspecified atom stereocenters. The summed E-state index contributed by atoms with van der Waals surface area (Å²) in [5, 5.41) is 11.9. The quantitative estimate of drug-likeness (QED) is 0.829. The Balaban J connectivity index is 2.72. The van der Waals surface area contributed by atoms with E-state index >= 15 is 0 Å². The van der Waals surface area contributed by atoms with E-state index in [1.807, 2.05) is 20.8 Å². The van der Waals surface area contributed by atoms with Crippen LogP contribution in [-0.2, 0) is 11.2 Å². The van der Waals surface area contributed by atoms with Crippen molar-refractivity contribution in [3.05, 3.63) is 35.4 Å². The molecule has 0 aliphatic carbocycles. The number of rotatable bonds is 6. The van der Waals surface area contributed by atoms with Gasteiger partial charge in [-0.3, -0.25) is 4.79 Å². The molecule has 0 bridgehead atoms. The SMILES string of the molecule is CCC(C)(CC)NC(=O)Cc1cccc(C(=O)O)c1. The lowest BCUT2D eigenvalue weighted by atomic mass is 9.95. The highest BCUT2D eigenvalue weighted by atomic mass is 16.4. The van der Waals surface area contributed by atoms with Crippen LogP contribution in [-0.4, -0.2) is 22.5 Å². The summed E-state index contributed by atoms with van der Waals surface area (Å²) in [6, 6.07) is 6.48. The number of carboxylic acids is 1. The molecule has 0 radical (unpaired) electrons. The Morgan fingerprint density at radius 1 is 1.26 bits per heavy atom. The fourth-order valence-electron chi connectivity index (χ4n) is 1.81. The molecule has 0 saturated heterocycles. The van der Waals surface area contributed by atoms with Gasteiger partial charge < -0.3 is 10.4 Å². The van der Waals surface area contributed by atoms with Crippen molar-refractivity contribution in [2.75, 3.05) is 0 Å². The Bertz CT molecular complexity index is 464. The first-order chi connectivity index (χ1) is 8.90. The molecular weight excluding hydrogens is 242 g/mol. The van der Waals surface area contributed by atoms with Gasteiger partial charge in [-0.1, -0.05) is 26.0 Å². The zero-order valence-corrected chi connectivity index (χ0v) is 11.7.